The van der Waals surface area contributed by atoms with E-state index in [2.05, 4.69) is 15.1 Å². The smallest absolute Gasteiger partial charge is 0.168 e. The van der Waals surface area contributed by atoms with E-state index < -0.39 is 0 Å². The summed E-state index contributed by atoms with van der Waals surface area (Å²) in [7, 11) is 1.63. The molecule has 0 aliphatic carbocycles. The lowest BCUT2D eigenvalue weighted by molar-refractivity contribution is 0.414. The molecule has 3 rings (SSSR count). The molecule has 6 heteroatoms. The summed E-state index contributed by atoms with van der Waals surface area (Å²) >= 11 is 0. The standard InChI is InChI=1S/C12H11N5O/c1-18-9-4-2-8(3-5-9)17-12-10(6-16-17)11(13)14-7-15-12/h2-7H,1H3,(H2,13,14,15). The summed E-state index contributed by atoms with van der Waals surface area (Å²) in [5.41, 5.74) is 7.35. The van der Waals surface area contributed by atoms with Crippen LogP contribution in [0, 0.1) is 0 Å². The monoisotopic (exact) mass is 241 g/mol. The van der Waals surface area contributed by atoms with Crippen LogP contribution in [0.4, 0.5) is 5.82 Å². The van der Waals surface area contributed by atoms with Gasteiger partial charge in [-0.05, 0) is 24.3 Å². The van der Waals surface area contributed by atoms with Crippen molar-refractivity contribution in [2.24, 2.45) is 0 Å². The summed E-state index contributed by atoms with van der Waals surface area (Å²) in [5.74, 6) is 1.23. The molecule has 2 heterocycles. The Kier molecular flexibility index (Phi) is 2.33. The Morgan fingerprint density at radius 1 is 1.17 bits per heavy atom. The van der Waals surface area contributed by atoms with Crippen LogP contribution in [0.3, 0.4) is 0 Å². The number of anilines is 1. The van der Waals surface area contributed by atoms with E-state index in [1.165, 1.54) is 6.33 Å². The number of rotatable bonds is 2. The molecule has 18 heavy (non-hydrogen) atoms. The molecule has 6 nitrogen and oxygen atoms in total. The second kappa shape index (κ2) is 3.99. The van der Waals surface area contributed by atoms with Gasteiger partial charge in [0.05, 0.1) is 24.4 Å². The van der Waals surface area contributed by atoms with E-state index >= 15 is 0 Å². The van der Waals surface area contributed by atoms with Gasteiger partial charge in [0, 0.05) is 0 Å². The summed E-state index contributed by atoms with van der Waals surface area (Å²) in [6.45, 7) is 0. The number of methoxy groups -OCH3 is 1. The lowest BCUT2D eigenvalue weighted by Crippen LogP contribution is -1.99. The highest BCUT2D eigenvalue weighted by Gasteiger charge is 2.08. The highest BCUT2D eigenvalue weighted by Crippen LogP contribution is 2.20. The predicted octanol–water partition coefficient (Wildman–Crippen LogP) is 1.41. The first kappa shape index (κ1) is 10.5. The van der Waals surface area contributed by atoms with Crippen LogP contribution >= 0.6 is 0 Å². The van der Waals surface area contributed by atoms with Crippen LogP contribution in [-0.4, -0.2) is 26.9 Å². The molecule has 0 spiro atoms. The Labute approximate surface area is 103 Å². The molecule has 2 N–H and O–H groups in total. The van der Waals surface area contributed by atoms with Crippen LogP contribution in [0.2, 0.25) is 0 Å². The minimum Gasteiger partial charge on any atom is -0.497 e. The lowest BCUT2D eigenvalue weighted by atomic mass is 10.3. The second-order valence-corrected chi connectivity index (χ2v) is 3.75. The van der Waals surface area contributed by atoms with Crippen LogP contribution in [0.15, 0.2) is 36.8 Å². The minimum absolute atomic E-state index is 0.430. The maximum absolute atomic E-state index is 5.77. The van der Waals surface area contributed by atoms with Crippen molar-refractivity contribution >= 4 is 16.9 Å². The third-order valence-corrected chi connectivity index (χ3v) is 2.71. The Hall–Kier alpha value is -2.63. The van der Waals surface area contributed by atoms with Crippen LogP contribution < -0.4 is 10.5 Å². The third kappa shape index (κ3) is 1.55. The third-order valence-electron chi connectivity index (χ3n) is 2.71. The van der Waals surface area contributed by atoms with E-state index in [9.17, 15) is 0 Å². The largest absolute Gasteiger partial charge is 0.497 e. The van der Waals surface area contributed by atoms with Gasteiger partial charge in [-0.25, -0.2) is 14.6 Å². The number of nitrogens with two attached hydrogens (primary N) is 1. The van der Waals surface area contributed by atoms with Gasteiger partial charge in [-0.3, -0.25) is 0 Å². The molecule has 0 amide bonds. The second-order valence-electron chi connectivity index (χ2n) is 3.75. The molecule has 90 valence electrons. The van der Waals surface area contributed by atoms with E-state index in [1.54, 1.807) is 18.0 Å². The van der Waals surface area contributed by atoms with Crippen molar-refractivity contribution in [1.82, 2.24) is 19.7 Å². The Morgan fingerprint density at radius 3 is 2.67 bits per heavy atom. The van der Waals surface area contributed by atoms with Gasteiger partial charge in [-0.2, -0.15) is 5.10 Å². The first-order valence-electron chi connectivity index (χ1n) is 5.38. The molecule has 0 aliphatic rings. The van der Waals surface area contributed by atoms with Crippen LogP contribution in [-0.2, 0) is 0 Å². The van der Waals surface area contributed by atoms with Gasteiger partial charge in [0.25, 0.3) is 0 Å². The predicted molar refractivity (Wildman–Crippen MR) is 67.6 cm³/mol. The highest BCUT2D eigenvalue weighted by atomic mass is 16.5. The summed E-state index contributed by atoms with van der Waals surface area (Å²) in [4.78, 5) is 8.13. The molecule has 0 radical (unpaired) electrons. The number of fused-ring (bicyclic) bond motifs is 1. The molecule has 0 aliphatic heterocycles. The fourth-order valence-corrected chi connectivity index (χ4v) is 1.77. The number of hydrogen-bond acceptors (Lipinski definition) is 5. The zero-order valence-corrected chi connectivity index (χ0v) is 9.74. The van der Waals surface area contributed by atoms with Crippen LogP contribution in [0.5, 0.6) is 5.75 Å². The molecular formula is C12H11N5O. The average Bonchev–Trinajstić information content (AvgIpc) is 2.84. The molecule has 3 aromatic rings. The van der Waals surface area contributed by atoms with Gasteiger partial charge in [0.15, 0.2) is 5.65 Å². The number of ether oxygens (including phenoxy) is 1. The van der Waals surface area contributed by atoms with E-state index in [4.69, 9.17) is 10.5 Å². The van der Waals surface area contributed by atoms with E-state index in [0.717, 1.165) is 16.8 Å². The van der Waals surface area contributed by atoms with E-state index in [-0.39, 0.29) is 0 Å². The van der Waals surface area contributed by atoms with Crippen LogP contribution in [0.1, 0.15) is 0 Å². The SMILES string of the molecule is COc1ccc(-n2ncc3c(N)ncnc32)cc1. The van der Waals surface area contributed by atoms with Gasteiger partial charge < -0.3 is 10.5 Å². The summed E-state index contributed by atoms with van der Waals surface area (Å²) < 4.78 is 6.83. The molecule has 0 saturated carbocycles. The number of nitrogens with zero attached hydrogens (tertiary/aromatic N) is 4. The maximum atomic E-state index is 5.77. The van der Waals surface area contributed by atoms with Crippen molar-refractivity contribution < 1.29 is 4.74 Å². The van der Waals surface area contributed by atoms with Crippen molar-refractivity contribution in [2.75, 3.05) is 12.8 Å². The Balaban J connectivity index is 2.16. The molecular weight excluding hydrogens is 230 g/mol. The normalized spacial score (nSPS) is 10.7. The first-order valence-corrected chi connectivity index (χ1v) is 5.38. The van der Waals surface area contributed by atoms with Crippen molar-refractivity contribution in [2.45, 2.75) is 0 Å². The summed E-state index contributed by atoms with van der Waals surface area (Å²) in [6, 6.07) is 7.55. The lowest BCUT2D eigenvalue weighted by Gasteiger charge is -2.04. The maximum Gasteiger partial charge on any atom is 0.168 e. The van der Waals surface area contributed by atoms with Gasteiger partial charge in [-0.15, -0.1) is 0 Å². The number of benzene rings is 1. The molecule has 0 bridgehead atoms. The Morgan fingerprint density at radius 2 is 1.94 bits per heavy atom. The van der Waals surface area contributed by atoms with Crippen molar-refractivity contribution in [1.29, 1.82) is 0 Å². The zero-order chi connectivity index (χ0) is 12.5. The topological polar surface area (TPSA) is 78.9 Å². The van der Waals surface area contributed by atoms with Gasteiger partial charge in [0.2, 0.25) is 0 Å². The average molecular weight is 241 g/mol. The fourth-order valence-electron chi connectivity index (χ4n) is 1.77. The van der Waals surface area contributed by atoms with Crippen LogP contribution in [0.25, 0.3) is 16.7 Å². The molecule has 0 atom stereocenters. The molecule has 0 unspecified atom stereocenters. The Bertz CT molecular complexity index is 689. The van der Waals surface area contributed by atoms with Crippen molar-refractivity contribution in [3.8, 4) is 11.4 Å². The van der Waals surface area contributed by atoms with E-state index in [1.807, 2.05) is 24.3 Å². The number of nitrogen functional groups attached to an aromatic ring is 1. The van der Waals surface area contributed by atoms with Gasteiger partial charge in [0.1, 0.15) is 17.9 Å². The molecule has 0 saturated heterocycles. The fraction of sp³-hybridized carbons (Fsp3) is 0.0833. The quantitative estimate of drug-likeness (QED) is 0.733. The van der Waals surface area contributed by atoms with E-state index in [0.29, 0.717) is 11.5 Å². The highest BCUT2D eigenvalue weighted by molar-refractivity contribution is 5.85. The minimum atomic E-state index is 0.430. The summed E-state index contributed by atoms with van der Waals surface area (Å²) in [5, 5.41) is 5.02. The molecule has 1 aromatic carbocycles. The van der Waals surface area contributed by atoms with Crippen molar-refractivity contribution in [3.63, 3.8) is 0 Å². The summed E-state index contributed by atoms with van der Waals surface area (Å²) in [6.07, 6.45) is 3.09. The van der Waals surface area contributed by atoms with Crippen molar-refractivity contribution in [3.05, 3.63) is 36.8 Å². The van der Waals surface area contributed by atoms with Gasteiger partial charge in [-0.1, -0.05) is 0 Å². The number of hydrogen-bond donors (Lipinski definition) is 1. The first-order chi connectivity index (χ1) is 8.79. The molecule has 0 fully saturated rings. The number of aromatic nitrogens is 4. The molecule has 2 aromatic heterocycles. The van der Waals surface area contributed by atoms with Gasteiger partial charge >= 0.3 is 0 Å². The zero-order valence-electron chi connectivity index (χ0n) is 9.74.